The number of carbonyl (C=O) groups is 1. The van der Waals surface area contributed by atoms with Gasteiger partial charge >= 0.3 is 0 Å². The Kier molecular flexibility index (Phi) is 5.09. The SMILES string of the molecule is CC(CCN(C)C)NC(=O)c1ccc(O)cc1F. The molecule has 1 rings (SSSR count). The highest BCUT2D eigenvalue weighted by Crippen LogP contribution is 2.15. The highest BCUT2D eigenvalue weighted by atomic mass is 19.1. The van der Waals surface area contributed by atoms with Gasteiger partial charge in [0.25, 0.3) is 5.91 Å². The molecule has 1 aromatic carbocycles. The van der Waals surface area contributed by atoms with Crippen LogP contribution in [0.1, 0.15) is 23.7 Å². The second kappa shape index (κ2) is 6.35. The number of benzene rings is 1. The number of hydrogen-bond acceptors (Lipinski definition) is 3. The van der Waals surface area contributed by atoms with E-state index >= 15 is 0 Å². The lowest BCUT2D eigenvalue weighted by atomic mass is 10.1. The number of hydrogen-bond donors (Lipinski definition) is 2. The highest BCUT2D eigenvalue weighted by molar-refractivity contribution is 5.94. The van der Waals surface area contributed by atoms with Crippen LogP contribution in [-0.4, -0.2) is 42.6 Å². The quantitative estimate of drug-likeness (QED) is 0.839. The average Bonchev–Trinajstić information content (AvgIpc) is 2.26. The second-order valence-electron chi connectivity index (χ2n) is 4.63. The summed E-state index contributed by atoms with van der Waals surface area (Å²) in [5.74, 6) is -1.37. The predicted molar refractivity (Wildman–Crippen MR) is 68.2 cm³/mol. The number of aromatic hydroxyl groups is 1. The van der Waals surface area contributed by atoms with Gasteiger partial charge in [0, 0.05) is 12.1 Å². The molecule has 0 aliphatic rings. The lowest BCUT2D eigenvalue weighted by Crippen LogP contribution is -2.35. The van der Waals surface area contributed by atoms with Gasteiger partial charge in [-0.25, -0.2) is 4.39 Å². The molecule has 5 heteroatoms. The van der Waals surface area contributed by atoms with Crippen molar-refractivity contribution in [3.05, 3.63) is 29.6 Å². The summed E-state index contributed by atoms with van der Waals surface area (Å²) in [4.78, 5) is 13.8. The van der Waals surface area contributed by atoms with E-state index in [4.69, 9.17) is 5.11 Å². The molecule has 4 nitrogen and oxygen atoms in total. The first kappa shape index (κ1) is 14.4. The van der Waals surface area contributed by atoms with Crippen LogP contribution in [-0.2, 0) is 0 Å². The number of phenols is 1. The minimum Gasteiger partial charge on any atom is -0.508 e. The molecule has 0 saturated heterocycles. The van der Waals surface area contributed by atoms with Crippen LogP contribution in [0.5, 0.6) is 5.75 Å². The van der Waals surface area contributed by atoms with Crippen molar-refractivity contribution in [1.82, 2.24) is 10.2 Å². The molecule has 1 unspecified atom stereocenters. The first-order valence-corrected chi connectivity index (χ1v) is 5.84. The zero-order valence-corrected chi connectivity index (χ0v) is 10.9. The van der Waals surface area contributed by atoms with Crippen LogP contribution in [0.3, 0.4) is 0 Å². The lowest BCUT2D eigenvalue weighted by Gasteiger charge is -2.16. The monoisotopic (exact) mass is 254 g/mol. The Morgan fingerprint density at radius 1 is 1.50 bits per heavy atom. The second-order valence-corrected chi connectivity index (χ2v) is 4.63. The first-order chi connectivity index (χ1) is 8.40. The van der Waals surface area contributed by atoms with Crippen molar-refractivity contribution in [1.29, 1.82) is 0 Å². The molecule has 2 N–H and O–H groups in total. The predicted octanol–water partition coefficient (Wildman–Crippen LogP) is 1.60. The maximum absolute atomic E-state index is 13.4. The Morgan fingerprint density at radius 3 is 2.72 bits per heavy atom. The van der Waals surface area contributed by atoms with E-state index in [0.717, 1.165) is 19.0 Å². The summed E-state index contributed by atoms with van der Waals surface area (Å²) in [7, 11) is 3.91. The van der Waals surface area contributed by atoms with Crippen molar-refractivity contribution in [2.75, 3.05) is 20.6 Å². The van der Waals surface area contributed by atoms with Crippen molar-refractivity contribution in [3.8, 4) is 5.75 Å². The van der Waals surface area contributed by atoms with Crippen LogP contribution >= 0.6 is 0 Å². The third-order valence-corrected chi connectivity index (χ3v) is 2.58. The first-order valence-electron chi connectivity index (χ1n) is 5.84. The summed E-state index contributed by atoms with van der Waals surface area (Å²) in [6.45, 7) is 2.72. The molecule has 18 heavy (non-hydrogen) atoms. The van der Waals surface area contributed by atoms with Gasteiger partial charge in [0.2, 0.25) is 0 Å². The van der Waals surface area contributed by atoms with Crippen LogP contribution in [0.2, 0.25) is 0 Å². The highest BCUT2D eigenvalue weighted by Gasteiger charge is 2.14. The Hall–Kier alpha value is -1.62. The van der Waals surface area contributed by atoms with Crippen molar-refractivity contribution in [2.45, 2.75) is 19.4 Å². The molecular formula is C13H19FN2O2. The number of phenolic OH excluding ortho intramolecular Hbond substituents is 1. The summed E-state index contributed by atoms with van der Waals surface area (Å²) in [6, 6.07) is 3.47. The number of carbonyl (C=O) groups excluding carboxylic acids is 1. The average molecular weight is 254 g/mol. The van der Waals surface area contributed by atoms with Gasteiger partial charge in [-0.05, 0) is 46.1 Å². The van der Waals surface area contributed by atoms with Crippen molar-refractivity contribution in [3.63, 3.8) is 0 Å². The van der Waals surface area contributed by atoms with Gasteiger partial charge in [0.1, 0.15) is 11.6 Å². The molecule has 1 atom stereocenters. The minimum atomic E-state index is -0.715. The Morgan fingerprint density at radius 2 is 2.17 bits per heavy atom. The molecule has 0 aliphatic carbocycles. The Bertz CT molecular complexity index is 421. The topological polar surface area (TPSA) is 52.6 Å². The third-order valence-electron chi connectivity index (χ3n) is 2.58. The number of rotatable bonds is 5. The van der Waals surface area contributed by atoms with Gasteiger partial charge in [-0.1, -0.05) is 0 Å². The van der Waals surface area contributed by atoms with E-state index in [9.17, 15) is 9.18 Å². The van der Waals surface area contributed by atoms with Gasteiger partial charge in [0.15, 0.2) is 0 Å². The molecule has 0 spiro atoms. The summed E-state index contributed by atoms with van der Waals surface area (Å²) in [6.07, 6.45) is 0.790. The molecule has 1 aromatic rings. The summed E-state index contributed by atoms with van der Waals surface area (Å²) >= 11 is 0. The van der Waals surface area contributed by atoms with Crippen molar-refractivity contribution >= 4 is 5.91 Å². The zero-order valence-electron chi connectivity index (χ0n) is 10.9. The van der Waals surface area contributed by atoms with E-state index < -0.39 is 11.7 Å². The summed E-state index contributed by atoms with van der Waals surface area (Å²) in [5, 5.41) is 11.8. The fourth-order valence-corrected chi connectivity index (χ4v) is 1.51. The molecule has 0 fully saturated rings. The van der Waals surface area contributed by atoms with Crippen LogP contribution in [0.4, 0.5) is 4.39 Å². The van der Waals surface area contributed by atoms with E-state index in [1.165, 1.54) is 12.1 Å². The van der Waals surface area contributed by atoms with Crippen LogP contribution in [0.15, 0.2) is 18.2 Å². The van der Waals surface area contributed by atoms with E-state index in [1.807, 2.05) is 25.9 Å². The molecule has 0 aromatic heterocycles. The fraction of sp³-hybridized carbons (Fsp3) is 0.462. The number of nitrogens with one attached hydrogen (secondary N) is 1. The molecule has 0 heterocycles. The Balaban J connectivity index is 2.59. The standard InChI is InChI=1S/C13H19FN2O2/c1-9(6-7-16(2)3)15-13(18)11-5-4-10(17)8-12(11)14/h4-5,8-9,17H,6-7H2,1-3H3,(H,15,18). The normalized spacial score (nSPS) is 12.5. The van der Waals surface area contributed by atoms with Crippen LogP contribution in [0.25, 0.3) is 0 Å². The molecule has 100 valence electrons. The fourth-order valence-electron chi connectivity index (χ4n) is 1.51. The van der Waals surface area contributed by atoms with E-state index in [-0.39, 0.29) is 17.4 Å². The molecule has 0 saturated carbocycles. The van der Waals surface area contributed by atoms with E-state index in [0.29, 0.717) is 0 Å². The summed E-state index contributed by atoms with van der Waals surface area (Å²) < 4.78 is 13.4. The van der Waals surface area contributed by atoms with E-state index in [1.54, 1.807) is 0 Å². The van der Waals surface area contributed by atoms with Crippen LogP contribution < -0.4 is 5.32 Å². The largest absolute Gasteiger partial charge is 0.508 e. The summed E-state index contributed by atoms with van der Waals surface area (Å²) in [5.41, 5.74) is -0.0514. The van der Waals surface area contributed by atoms with Gasteiger partial charge in [0.05, 0.1) is 5.56 Å². The third kappa shape index (κ3) is 4.33. The molecule has 0 radical (unpaired) electrons. The van der Waals surface area contributed by atoms with Gasteiger partial charge in [-0.15, -0.1) is 0 Å². The molecule has 0 bridgehead atoms. The molecule has 1 amide bonds. The Labute approximate surface area is 106 Å². The van der Waals surface area contributed by atoms with E-state index in [2.05, 4.69) is 5.32 Å². The maximum atomic E-state index is 13.4. The number of amides is 1. The zero-order chi connectivity index (χ0) is 13.7. The van der Waals surface area contributed by atoms with Gasteiger partial charge in [-0.2, -0.15) is 0 Å². The lowest BCUT2D eigenvalue weighted by molar-refractivity contribution is 0.0932. The maximum Gasteiger partial charge on any atom is 0.254 e. The van der Waals surface area contributed by atoms with Gasteiger partial charge in [-0.3, -0.25) is 4.79 Å². The number of halogens is 1. The van der Waals surface area contributed by atoms with Gasteiger partial charge < -0.3 is 15.3 Å². The molecular weight excluding hydrogens is 235 g/mol. The van der Waals surface area contributed by atoms with Crippen molar-refractivity contribution in [2.24, 2.45) is 0 Å². The molecule has 0 aliphatic heterocycles. The van der Waals surface area contributed by atoms with Crippen LogP contribution in [0, 0.1) is 5.82 Å². The van der Waals surface area contributed by atoms with Crippen molar-refractivity contribution < 1.29 is 14.3 Å². The number of nitrogens with zero attached hydrogens (tertiary/aromatic N) is 1. The minimum absolute atomic E-state index is 0.0342. The smallest absolute Gasteiger partial charge is 0.254 e.